The van der Waals surface area contributed by atoms with Crippen molar-refractivity contribution in [2.75, 3.05) is 38.0 Å². The molecule has 4 heterocycles. The average Bonchev–Trinajstić information content (AvgIpc) is 3.27. The Morgan fingerprint density at radius 3 is 2.88 bits per heavy atom. The van der Waals surface area contributed by atoms with Crippen LogP contribution in [0.1, 0.15) is 42.1 Å². The number of pyridine rings is 1. The second-order valence-electron chi connectivity index (χ2n) is 8.63. The predicted molar refractivity (Wildman–Crippen MR) is 127 cm³/mol. The molecule has 0 spiro atoms. The monoisotopic (exact) mass is 467 g/mol. The van der Waals surface area contributed by atoms with Crippen molar-refractivity contribution in [1.82, 2.24) is 24.5 Å². The number of nitrogens with zero attached hydrogens (tertiary/aromatic N) is 4. The van der Waals surface area contributed by atoms with Crippen molar-refractivity contribution in [2.24, 2.45) is 0 Å². The van der Waals surface area contributed by atoms with Crippen molar-refractivity contribution in [3.05, 3.63) is 46.5 Å². The van der Waals surface area contributed by atoms with Gasteiger partial charge in [0, 0.05) is 33.0 Å². The molecular weight excluding hydrogens is 438 g/mol. The van der Waals surface area contributed by atoms with Crippen LogP contribution in [0.25, 0.3) is 5.65 Å². The maximum absolute atomic E-state index is 13.1. The second kappa shape index (κ2) is 9.43. The van der Waals surface area contributed by atoms with E-state index in [1.54, 1.807) is 41.6 Å². The molecule has 1 saturated carbocycles. The molecule has 1 aliphatic heterocycles. The van der Waals surface area contributed by atoms with Crippen LogP contribution in [-0.4, -0.2) is 64.6 Å². The van der Waals surface area contributed by atoms with Gasteiger partial charge in [0.2, 0.25) is 0 Å². The Bertz CT molecular complexity index is 1250. The zero-order chi connectivity index (χ0) is 23.7. The standard InChI is InChI=1S/C23H29N7O4/c1-24-20-11-19(26-17-6-3-9-29(23(17)32)14-5-4-10-34-13-14)28-21-15(12-25-30(20)21)22(31)27-16-7-8-18(16)33-2/h3,6,9,11-12,14,16,18,24H,4-5,7-8,10,13H2,1-2H3,(H,26,28)(H,27,31)/t14-,16-,18?/m1/s1. The molecular formula is C23H29N7O4. The average molecular weight is 468 g/mol. The van der Waals surface area contributed by atoms with Gasteiger partial charge in [-0.05, 0) is 37.8 Å². The quantitative estimate of drug-likeness (QED) is 0.482. The third kappa shape index (κ3) is 4.12. The van der Waals surface area contributed by atoms with Gasteiger partial charge in [0.05, 0.1) is 31.0 Å². The van der Waals surface area contributed by atoms with Crippen molar-refractivity contribution in [3.8, 4) is 0 Å². The highest BCUT2D eigenvalue weighted by atomic mass is 16.5. The molecule has 34 heavy (non-hydrogen) atoms. The normalized spacial score (nSPS) is 22.2. The van der Waals surface area contributed by atoms with Crippen molar-refractivity contribution < 1.29 is 14.3 Å². The fourth-order valence-electron chi connectivity index (χ4n) is 4.50. The van der Waals surface area contributed by atoms with Crippen LogP contribution in [0.4, 0.5) is 17.3 Å². The number of ether oxygens (including phenoxy) is 2. The second-order valence-corrected chi connectivity index (χ2v) is 8.63. The summed E-state index contributed by atoms with van der Waals surface area (Å²) in [6.45, 7) is 1.25. The molecule has 5 rings (SSSR count). The molecule has 3 N–H and O–H groups in total. The minimum Gasteiger partial charge on any atom is -0.379 e. The number of hydrogen-bond acceptors (Lipinski definition) is 8. The zero-order valence-electron chi connectivity index (χ0n) is 19.3. The lowest BCUT2D eigenvalue weighted by atomic mass is 9.89. The van der Waals surface area contributed by atoms with Crippen LogP contribution < -0.4 is 21.5 Å². The first-order valence-electron chi connectivity index (χ1n) is 11.5. The minimum absolute atomic E-state index is 0.0128. The predicted octanol–water partition coefficient (Wildman–Crippen LogP) is 1.93. The molecule has 11 nitrogen and oxygen atoms in total. The van der Waals surface area contributed by atoms with E-state index in [1.807, 2.05) is 6.07 Å². The first-order valence-corrected chi connectivity index (χ1v) is 11.5. The molecule has 1 amide bonds. The Kier molecular flexibility index (Phi) is 6.20. The van der Waals surface area contributed by atoms with Gasteiger partial charge in [0.1, 0.15) is 22.9 Å². The van der Waals surface area contributed by atoms with Gasteiger partial charge in [0.25, 0.3) is 11.5 Å². The molecule has 3 aromatic heterocycles. The lowest BCUT2D eigenvalue weighted by Gasteiger charge is -2.35. The number of amides is 1. The zero-order valence-corrected chi connectivity index (χ0v) is 19.3. The number of carbonyl (C=O) groups excluding carboxylic acids is 1. The van der Waals surface area contributed by atoms with Gasteiger partial charge in [-0.25, -0.2) is 4.98 Å². The minimum atomic E-state index is -0.257. The van der Waals surface area contributed by atoms with Crippen LogP contribution in [0.15, 0.2) is 35.4 Å². The topological polar surface area (TPSA) is 124 Å². The van der Waals surface area contributed by atoms with Gasteiger partial charge in [-0.2, -0.15) is 9.61 Å². The van der Waals surface area contributed by atoms with Crippen LogP contribution in [0.5, 0.6) is 0 Å². The van der Waals surface area contributed by atoms with E-state index < -0.39 is 0 Å². The fraction of sp³-hybridized carbons (Fsp3) is 0.478. The lowest BCUT2D eigenvalue weighted by Crippen LogP contribution is -2.51. The first kappa shape index (κ1) is 22.4. The highest BCUT2D eigenvalue weighted by molar-refractivity contribution is 6.00. The molecule has 1 saturated heterocycles. The third-order valence-electron chi connectivity index (χ3n) is 6.57. The van der Waals surface area contributed by atoms with E-state index in [-0.39, 0.29) is 29.7 Å². The molecule has 1 aliphatic carbocycles. The van der Waals surface area contributed by atoms with Gasteiger partial charge < -0.3 is 30.0 Å². The number of anilines is 3. The summed E-state index contributed by atoms with van der Waals surface area (Å²) in [5.41, 5.74) is 0.992. The molecule has 180 valence electrons. The summed E-state index contributed by atoms with van der Waals surface area (Å²) < 4.78 is 14.2. The number of rotatable bonds is 7. The van der Waals surface area contributed by atoms with Crippen molar-refractivity contribution >= 4 is 28.9 Å². The van der Waals surface area contributed by atoms with E-state index in [4.69, 9.17) is 9.47 Å². The van der Waals surface area contributed by atoms with Crippen LogP contribution in [0, 0.1) is 0 Å². The number of aromatic nitrogens is 4. The number of carbonyl (C=O) groups is 1. The van der Waals surface area contributed by atoms with Crippen LogP contribution in [0.3, 0.4) is 0 Å². The van der Waals surface area contributed by atoms with Crippen molar-refractivity contribution in [1.29, 1.82) is 0 Å². The summed E-state index contributed by atoms with van der Waals surface area (Å²) in [5, 5.41) is 13.6. The molecule has 3 aromatic rings. The molecule has 11 heteroatoms. The summed E-state index contributed by atoms with van der Waals surface area (Å²) in [6.07, 6.45) is 6.94. The maximum Gasteiger partial charge on any atom is 0.274 e. The largest absolute Gasteiger partial charge is 0.379 e. The Balaban J connectivity index is 1.44. The molecule has 0 radical (unpaired) electrons. The van der Waals surface area contributed by atoms with Crippen LogP contribution >= 0.6 is 0 Å². The molecule has 1 unspecified atom stereocenters. The SMILES string of the molecule is CNc1cc(Nc2cccn([C@@H]3CCCOC3)c2=O)nc2c(C(=O)N[C@@H]3CCC3OC)cnn12. The molecule has 3 atom stereocenters. The van der Waals surface area contributed by atoms with Crippen LogP contribution in [0.2, 0.25) is 0 Å². The van der Waals surface area contributed by atoms with E-state index in [2.05, 4.69) is 26.0 Å². The summed E-state index contributed by atoms with van der Waals surface area (Å²) in [7, 11) is 3.41. The Morgan fingerprint density at radius 2 is 2.18 bits per heavy atom. The van der Waals surface area contributed by atoms with E-state index >= 15 is 0 Å². The van der Waals surface area contributed by atoms with Crippen molar-refractivity contribution in [3.63, 3.8) is 0 Å². The Hall–Kier alpha value is -3.44. The summed E-state index contributed by atoms with van der Waals surface area (Å²) >= 11 is 0. The van der Waals surface area contributed by atoms with Gasteiger partial charge in [0.15, 0.2) is 5.65 Å². The third-order valence-corrected chi connectivity index (χ3v) is 6.57. The van der Waals surface area contributed by atoms with E-state index in [1.165, 1.54) is 6.20 Å². The molecule has 0 bridgehead atoms. The smallest absolute Gasteiger partial charge is 0.274 e. The molecule has 0 aromatic carbocycles. The van der Waals surface area contributed by atoms with Gasteiger partial charge >= 0.3 is 0 Å². The highest BCUT2D eigenvalue weighted by Gasteiger charge is 2.33. The lowest BCUT2D eigenvalue weighted by molar-refractivity contribution is 0.00732. The summed E-state index contributed by atoms with van der Waals surface area (Å²) in [6, 6.07) is 5.29. The van der Waals surface area contributed by atoms with Crippen LogP contribution in [-0.2, 0) is 9.47 Å². The molecule has 2 aliphatic rings. The highest BCUT2D eigenvalue weighted by Crippen LogP contribution is 2.25. The Morgan fingerprint density at radius 1 is 1.29 bits per heavy atom. The van der Waals surface area contributed by atoms with Gasteiger partial charge in [-0.1, -0.05) is 0 Å². The number of hydrogen-bond donors (Lipinski definition) is 3. The van der Waals surface area contributed by atoms with E-state index in [0.717, 1.165) is 32.3 Å². The van der Waals surface area contributed by atoms with Crippen molar-refractivity contribution in [2.45, 2.75) is 43.9 Å². The fourth-order valence-corrected chi connectivity index (χ4v) is 4.50. The first-order chi connectivity index (χ1) is 16.6. The van der Waals surface area contributed by atoms with Gasteiger partial charge in [-0.15, -0.1) is 0 Å². The summed E-state index contributed by atoms with van der Waals surface area (Å²) in [4.78, 5) is 30.7. The van der Waals surface area contributed by atoms with E-state index in [0.29, 0.717) is 35.1 Å². The Labute approximate surface area is 196 Å². The number of nitrogens with one attached hydrogen (secondary N) is 3. The number of methoxy groups -OCH3 is 1. The number of fused-ring (bicyclic) bond motifs is 1. The van der Waals surface area contributed by atoms with E-state index in [9.17, 15) is 9.59 Å². The van der Waals surface area contributed by atoms with Gasteiger partial charge in [-0.3, -0.25) is 9.59 Å². The molecule has 2 fully saturated rings. The maximum atomic E-state index is 13.1. The summed E-state index contributed by atoms with van der Waals surface area (Å²) in [5.74, 6) is 0.800.